The summed E-state index contributed by atoms with van der Waals surface area (Å²) in [6.45, 7) is 4.37. The molecular weight excluding hydrogens is 96.1 g/mol. The lowest BCUT2D eigenvalue weighted by atomic mass is 10.1. The Kier molecular flexibility index (Phi) is 7.00. The average Bonchev–Trinajstić information content (AvgIpc) is 1.81. The smallest absolute Gasteiger partial charge is 0.0388 e. The quantitative estimate of drug-likeness (QED) is 0.479. The Balaban J connectivity index is 2.53. The third-order valence-electron chi connectivity index (χ3n) is 1.15. The van der Waals surface area contributed by atoms with Gasteiger partial charge in [0.05, 0.1) is 0 Å². The van der Waals surface area contributed by atoms with Crippen LogP contribution in [0.5, 0.6) is 0 Å². The molecule has 0 heterocycles. The molecule has 2 radical (unpaired) electrons. The van der Waals surface area contributed by atoms with Crippen molar-refractivity contribution >= 4 is 0 Å². The van der Waals surface area contributed by atoms with Crippen molar-refractivity contribution in [2.24, 2.45) is 0 Å². The number of unbranched alkanes of at least 4 members (excludes halogenated alkanes) is 5. The molecule has 0 saturated heterocycles. The Bertz CT molecular complexity index is 25.0. The molecule has 0 spiro atoms. The monoisotopic (exact) mass is 112 g/mol. The van der Waals surface area contributed by atoms with E-state index in [1.54, 1.807) is 0 Å². The van der Waals surface area contributed by atoms with Gasteiger partial charge in [0.1, 0.15) is 0 Å². The lowest BCUT2D eigenvalue weighted by Crippen LogP contribution is -1.76. The first-order chi connectivity index (χ1) is 3.91. The molecule has 0 rings (SSSR count). The zero-order chi connectivity index (χ0) is 6.24. The molecule has 0 fully saturated rings. The Hall–Kier alpha value is 0. The van der Waals surface area contributed by atoms with E-state index in [2.05, 4.69) is 26.7 Å². The normalized spacial score (nSPS) is 9.75. The van der Waals surface area contributed by atoms with Crippen molar-refractivity contribution in [2.75, 3.05) is 0 Å². The van der Waals surface area contributed by atoms with Gasteiger partial charge in [-0.15, -0.1) is 0 Å². The molecule has 0 aliphatic heterocycles. The predicted octanol–water partition coefficient (Wildman–Crippen LogP) is 3.00. The molecule has 0 aromatic rings. The van der Waals surface area contributed by atoms with Crippen LogP contribution in [0.1, 0.15) is 39.5 Å². The fourth-order valence-electron chi connectivity index (χ4n) is 0.644. The Labute approximate surface area is 53.3 Å². The highest BCUT2D eigenvalue weighted by atomic mass is 13.9. The molecule has 8 heavy (non-hydrogen) atoms. The van der Waals surface area contributed by atoms with Gasteiger partial charge in [0.25, 0.3) is 0 Å². The van der Waals surface area contributed by atoms with Crippen molar-refractivity contribution in [1.82, 2.24) is 0 Å². The molecular formula is C8H16. The highest BCUT2D eigenvalue weighted by Gasteiger charge is 1.84. The van der Waals surface area contributed by atoms with Crippen LogP contribution in [0.3, 0.4) is 0 Å². The summed E-state index contributed by atoms with van der Waals surface area (Å²) in [5.74, 6) is 0. The summed E-state index contributed by atoms with van der Waals surface area (Å²) < 4.78 is 0. The highest BCUT2D eigenvalue weighted by Crippen LogP contribution is 2.01. The largest absolute Gasteiger partial charge is 0.0651 e. The summed E-state index contributed by atoms with van der Waals surface area (Å²) in [5, 5.41) is 0. The zero-order valence-corrected chi connectivity index (χ0v) is 5.98. The number of hydrogen-bond donors (Lipinski definition) is 0. The van der Waals surface area contributed by atoms with Gasteiger partial charge in [0.2, 0.25) is 0 Å². The molecule has 0 heteroatoms. The molecule has 0 nitrogen and oxygen atoms in total. The van der Waals surface area contributed by atoms with Crippen LogP contribution < -0.4 is 0 Å². The molecule has 0 aromatic carbocycles. The van der Waals surface area contributed by atoms with Crippen LogP contribution in [0.2, 0.25) is 0 Å². The van der Waals surface area contributed by atoms with E-state index < -0.39 is 0 Å². The molecule has 0 unspecified atom stereocenters. The van der Waals surface area contributed by atoms with E-state index in [1.165, 1.54) is 25.7 Å². The van der Waals surface area contributed by atoms with Crippen LogP contribution >= 0.6 is 0 Å². The molecule has 0 saturated carbocycles. The fraction of sp³-hybridized carbons (Fsp3) is 0.750. The van der Waals surface area contributed by atoms with E-state index in [-0.39, 0.29) is 0 Å². The summed E-state index contributed by atoms with van der Waals surface area (Å²) in [7, 11) is 0. The first kappa shape index (κ1) is 8.00. The predicted molar refractivity (Wildman–Crippen MR) is 38.4 cm³/mol. The molecule has 0 atom stereocenters. The maximum Gasteiger partial charge on any atom is -0.0388 e. The van der Waals surface area contributed by atoms with Crippen LogP contribution in [0.25, 0.3) is 0 Å². The minimum absolute atomic E-state index is 1.22. The van der Waals surface area contributed by atoms with Crippen molar-refractivity contribution in [2.45, 2.75) is 39.5 Å². The van der Waals surface area contributed by atoms with Gasteiger partial charge in [0, 0.05) is 0 Å². The lowest BCUT2D eigenvalue weighted by molar-refractivity contribution is 0.830. The summed E-state index contributed by atoms with van der Waals surface area (Å²) in [6.07, 6.45) is 9.63. The molecule has 0 aromatic heterocycles. The first-order valence-corrected chi connectivity index (χ1v) is 3.55. The topological polar surface area (TPSA) is 0 Å². The summed E-state index contributed by atoms with van der Waals surface area (Å²) in [4.78, 5) is 0. The van der Waals surface area contributed by atoms with E-state index in [9.17, 15) is 0 Å². The summed E-state index contributed by atoms with van der Waals surface area (Å²) in [5.41, 5.74) is 0. The van der Waals surface area contributed by atoms with Crippen LogP contribution in [-0.4, -0.2) is 0 Å². The van der Waals surface area contributed by atoms with Gasteiger partial charge in [-0.2, -0.15) is 0 Å². The van der Waals surface area contributed by atoms with Crippen LogP contribution in [0.4, 0.5) is 0 Å². The van der Waals surface area contributed by atoms with E-state index in [4.69, 9.17) is 0 Å². The molecule has 48 valence electrons. The maximum atomic E-state index is 2.33. The van der Waals surface area contributed by atoms with Gasteiger partial charge in [-0.1, -0.05) is 26.7 Å². The minimum atomic E-state index is 1.22. The third kappa shape index (κ3) is 6.00. The van der Waals surface area contributed by atoms with Crippen LogP contribution in [0.15, 0.2) is 0 Å². The zero-order valence-electron chi connectivity index (χ0n) is 5.98. The second-order valence-electron chi connectivity index (χ2n) is 1.97. The molecule has 0 amide bonds. The van der Waals surface area contributed by atoms with E-state index in [1.807, 2.05) is 0 Å². The number of hydrogen-bond acceptors (Lipinski definition) is 0. The van der Waals surface area contributed by atoms with Gasteiger partial charge in [0.15, 0.2) is 0 Å². The molecule has 0 N–H and O–H groups in total. The molecule has 0 aliphatic carbocycles. The third-order valence-corrected chi connectivity index (χ3v) is 1.15. The minimum Gasteiger partial charge on any atom is -0.0651 e. The van der Waals surface area contributed by atoms with Crippen LogP contribution in [-0.2, 0) is 0 Å². The van der Waals surface area contributed by atoms with Crippen molar-refractivity contribution in [3.05, 3.63) is 12.8 Å². The van der Waals surface area contributed by atoms with Crippen molar-refractivity contribution in [3.63, 3.8) is 0 Å². The van der Waals surface area contributed by atoms with Crippen molar-refractivity contribution in [3.8, 4) is 0 Å². The SMILES string of the molecule is CC[CH]CC[CH]CC. The second kappa shape index (κ2) is 7.00. The van der Waals surface area contributed by atoms with Gasteiger partial charge >= 0.3 is 0 Å². The van der Waals surface area contributed by atoms with E-state index >= 15 is 0 Å². The highest BCUT2D eigenvalue weighted by molar-refractivity contribution is 4.68. The Morgan fingerprint density at radius 3 is 1.50 bits per heavy atom. The molecule has 0 bridgehead atoms. The summed E-state index contributed by atoms with van der Waals surface area (Å²) in [6, 6.07) is 0. The van der Waals surface area contributed by atoms with Gasteiger partial charge in [-0.3, -0.25) is 0 Å². The van der Waals surface area contributed by atoms with E-state index in [0.717, 1.165) is 0 Å². The Morgan fingerprint density at radius 1 is 0.875 bits per heavy atom. The number of rotatable bonds is 5. The fourth-order valence-corrected chi connectivity index (χ4v) is 0.644. The second-order valence-corrected chi connectivity index (χ2v) is 1.97. The van der Waals surface area contributed by atoms with Crippen molar-refractivity contribution in [1.29, 1.82) is 0 Å². The maximum absolute atomic E-state index is 2.33. The first-order valence-electron chi connectivity index (χ1n) is 3.55. The standard InChI is InChI=1S/C8H16/c1-3-5-7-8-6-4-2/h5-6H,3-4,7-8H2,1-2H3. The van der Waals surface area contributed by atoms with E-state index in [0.29, 0.717) is 0 Å². The van der Waals surface area contributed by atoms with Crippen molar-refractivity contribution < 1.29 is 0 Å². The summed E-state index contributed by atoms with van der Waals surface area (Å²) >= 11 is 0. The van der Waals surface area contributed by atoms with Gasteiger partial charge in [-0.05, 0) is 25.7 Å². The molecule has 0 aliphatic rings. The average molecular weight is 112 g/mol. The Morgan fingerprint density at radius 2 is 1.25 bits per heavy atom. The van der Waals surface area contributed by atoms with Crippen LogP contribution in [0, 0.1) is 12.8 Å². The van der Waals surface area contributed by atoms with Gasteiger partial charge in [-0.25, -0.2) is 0 Å². The lowest BCUT2D eigenvalue weighted by Gasteiger charge is -1.93. The van der Waals surface area contributed by atoms with Gasteiger partial charge < -0.3 is 0 Å².